The van der Waals surface area contributed by atoms with Gasteiger partial charge in [-0.3, -0.25) is 9.59 Å². The highest BCUT2D eigenvalue weighted by Gasteiger charge is 2.36. The Morgan fingerprint density at radius 3 is 2.68 bits per heavy atom. The zero-order chi connectivity index (χ0) is 18.2. The van der Waals surface area contributed by atoms with Gasteiger partial charge in [0.05, 0.1) is 30.9 Å². The average Bonchev–Trinajstić information content (AvgIpc) is 2.63. The second-order valence-electron chi connectivity index (χ2n) is 5.47. The number of rotatable bonds is 9. The van der Waals surface area contributed by atoms with E-state index in [1.165, 1.54) is 13.2 Å². The van der Waals surface area contributed by atoms with Crippen LogP contribution < -0.4 is 0 Å². The number of benzene rings is 1. The molecule has 0 radical (unpaired) electrons. The first-order valence-corrected chi connectivity index (χ1v) is 8.95. The van der Waals surface area contributed by atoms with Crippen LogP contribution >= 0.6 is 11.8 Å². The maximum atomic E-state index is 11.7. The molecule has 0 bridgehead atoms. The van der Waals surface area contributed by atoms with E-state index < -0.39 is 0 Å². The van der Waals surface area contributed by atoms with Gasteiger partial charge in [0.1, 0.15) is 6.61 Å². The minimum Gasteiger partial charge on any atom is -0.469 e. The maximum Gasteiger partial charge on any atom is 0.338 e. The second-order valence-corrected chi connectivity index (χ2v) is 6.63. The number of esters is 2. The van der Waals surface area contributed by atoms with Gasteiger partial charge in [-0.2, -0.15) is 0 Å². The molecule has 1 aliphatic heterocycles. The van der Waals surface area contributed by atoms with Crippen LogP contribution in [0.1, 0.15) is 28.8 Å². The molecule has 0 aromatic heterocycles. The summed E-state index contributed by atoms with van der Waals surface area (Å²) in [4.78, 5) is 36.3. The van der Waals surface area contributed by atoms with E-state index in [9.17, 15) is 14.4 Å². The van der Waals surface area contributed by atoms with E-state index in [-0.39, 0.29) is 36.2 Å². The molecule has 0 saturated carbocycles. The van der Waals surface area contributed by atoms with Crippen molar-refractivity contribution in [3.8, 4) is 0 Å². The number of methoxy groups -OCH3 is 1. The van der Waals surface area contributed by atoms with E-state index >= 15 is 0 Å². The highest BCUT2D eigenvalue weighted by atomic mass is 32.2. The first-order valence-electron chi connectivity index (χ1n) is 7.90. The van der Waals surface area contributed by atoms with Crippen LogP contribution in [0.4, 0.5) is 0 Å². The van der Waals surface area contributed by atoms with Gasteiger partial charge in [0, 0.05) is 12.3 Å². The Kier molecular flexibility index (Phi) is 7.06. The molecule has 0 aliphatic carbocycles. The Morgan fingerprint density at radius 1 is 1.36 bits per heavy atom. The van der Waals surface area contributed by atoms with Gasteiger partial charge < -0.3 is 14.4 Å². The summed E-state index contributed by atoms with van der Waals surface area (Å²) >= 11 is 1.64. The molecule has 1 atom stereocenters. The molecule has 1 aromatic rings. The quantitative estimate of drug-likeness (QED) is 0.381. The van der Waals surface area contributed by atoms with Crippen molar-refractivity contribution in [1.82, 2.24) is 4.90 Å². The first-order chi connectivity index (χ1) is 12.0. The van der Waals surface area contributed by atoms with Crippen LogP contribution in [0.5, 0.6) is 0 Å². The van der Waals surface area contributed by atoms with Crippen molar-refractivity contribution in [2.24, 2.45) is 0 Å². The molecule has 7 heteroatoms. The summed E-state index contributed by atoms with van der Waals surface area (Å²) in [5.41, 5.74) is 1.55. The molecule has 1 fully saturated rings. The lowest BCUT2D eigenvalue weighted by molar-refractivity contribution is -0.145. The highest BCUT2D eigenvalue weighted by molar-refractivity contribution is 7.99. The topological polar surface area (TPSA) is 72.9 Å². The fourth-order valence-corrected chi connectivity index (χ4v) is 3.54. The minimum absolute atomic E-state index is 0.0571. The average molecular weight is 363 g/mol. The molecule has 0 spiro atoms. The van der Waals surface area contributed by atoms with E-state index in [0.29, 0.717) is 24.3 Å². The summed E-state index contributed by atoms with van der Waals surface area (Å²) in [6.07, 6.45) is 2.22. The molecule has 1 heterocycles. The van der Waals surface area contributed by atoms with Crippen molar-refractivity contribution < 1.29 is 23.9 Å². The van der Waals surface area contributed by atoms with Crippen molar-refractivity contribution in [1.29, 1.82) is 0 Å². The van der Waals surface area contributed by atoms with Crippen LogP contribution in [0.25, 0.3) is 0 Å². The van der Waals surface area contributed by atoms with E-state index in [1.54, 1.807) is 28.8 Å². The molecule has 2 rings (SSSR count). The number of nitrogens with zero attached hydrogens (tertiary/aromatic N) is 1. The summed E-state index contributed by atoms with van der Waals surface area (Å²) in [6, 6.07) is 7.19. The largest absolute Gasteiger partial charge is 0.469 e. The van der Waals surface area contributed by atoms with Gasteiger partial charge in [0.15, 0.2) is 0 Å². The van der Waals surface area contributed by atoms with Gasteiger partial charge in [-0.1, -0.05) is 24.8 Å². The molecule has 25 heavy (non-hydrogen) atoms. The van der Waals surface area contributed by atoms with Crippen LogP contribution in [0.15, 0.2) is 36.9 Å². The molecular formula is C18H21NO5S. The van der Waals surface area contributed by atoms with Crippen molar-refractivity contribution in [2.75, 3.05) is 20.3 Å². The zero-order valence-corrected chi connectivity index (χ0v) is 14.9. The Hall–Kier alpha value is -2.28. The normalized spacial score (nSPS) is 16.1. The third-order valence-corrected chi connectivity index (χ3v) is 5.07. The van der Waals surface area contributed by atoms with Gasteiger partial charge in [-0.05, 0) is 17.7 Å². The van der Waals surface area contributed by atoms with E-state index in [4.69, 9.17) is 4.74 Å². The third kappa shape index (κ3) is 5.35. The molecule has 1 aromatic carbocycles. The van der Waals surface area contributed by atoms with Crippen molar-refractivity contribution in [2.45, 2.75) is 24.0 Å². The summed E-state index contributed by atoms with van der Waals surface area (Å²) in [5.74, 6) is 0.0797. The summed E-state index contributed by atoms with van der Waals surface area (Å²) in [6.45, 7) is 4.07. The lowest BCUT2D eigenvalue weighted by atomic mass is 10.1. The lowest BCUT2D eigenvalue weighted by Gasteiger charge is -2.39. The Morgan fingerprint density at radius 2 is 2.08 bits per heavy atom. The predicted octanol–water partition coefficient (Wildman–Crippen LogP) is 2.38. The van der Waals surface area contributed by atoms with Crippen LogP contribution in [0.2, 0.25) is 0 Å². The number of β-lactam (4-membered cyclic amide) rings is 1. The lowest BCUT2D eigenvalue weighted by Crippen LogP contribution is -2.51. The van der Waals surface area contributed by atoms with Crippen LogP contribution in [0, 0.1) is 0 Å². The number of likely N-dealkylation sites (tertiary alicyclic amines) is 1. The van der Waals surface area contributed by atoms with E-state index in [2.05, 4.69) is 11.3 Å². The Bertz CT molecular complexity index is 643. The van der Waals surface area contributed by atoms with Gasteiger partial charge in [0.25, 0.3) is 0 Å². The molecule has 6 nitrogen and oxygen atoms in total. The number of carbonyl (C=O) groups is 3. The van der Waals surface area contributed by atoms with Gasteiger partial charge >= 0.3 is 11.9 Å². The fourth-order valence-electron chi connectivity index (χ4n) is 2.30. The Labute approximate surface area is 151 Å². The molecule has 1 saturated heterocycles. The standard InChI is InChI=1S/C18H21NO5S/c1-3-10-24-18(22)14-6-4-13(5-7-14)12-25-16-11-15(20)19(16)9-8-17(21)23-2/h3-7,16H,1,8-12H2,2H3. The van der Waals surface area contributed by atoms with Gasteiger partial charge in [0.2, 0.25) is 5.91 Å². The van der Waals surface area contributed by atoms with Crippen molar-refractivity contribution in [3.63, 3.8) is 0 Å². The minimum atomic E-state index is -0.377. The van der Waals surface area contributed by atoms with E-state index in [1.807, 2.05) is 12.1 Å². The number of hydrogen-bond acceptors (Lipinski definition) is 6. The smallest absolute Gasteiger partial charge is 0.338 e. The highest BCUT2D eigenvalue weighted by Crippen LogP contribution is 2.32. The van der Waals surface area contributed by atoms with Crippen LogP contribution in [-0.2, 0) is 24.8 Å². The van der Waals surface area contributed by atoms with Crippen LogP contribution in [-0.4, -0.2) is 48.4 Å². The predicted molar refractivity (Wildman–Crippen MR) is 95.0 cm³/mol. The van der Waals surface area contributed by atoms with Crippen LogP contribution in [0.3, 0.4) is 0 Å². The number of carbonyl (C=O) groups excluding carboxylic acids is 3. The number of thioether (sulfide) groups is 1. The summed E-state index contributed by atoms with van der Waals surface area (Å²) in [7, 11) is 1.34. The molecule has 0 N–H and O–H groups in total. The number of amides is 1. The van der Waals surface area contributed by atoms with Gasteiger partial charge in [-0.15, -0.1) is 11.8 Å². The number of hydrogen-bond donors (Lipinski definition) is 0. The van der Waals surface area contributed by atoms with Gasteiger partial charge in [-0.25, -0.2) is 4.79 Å². The molecule has 1 aliphatic rings. The number of ether oxygens (including phenoxy) is 2. The second kappa shape index (κ2) is 9.27. The SMILES string of the molecule is C=CCOC(=O)c1ccc(CSC2CC(=O)N2CCC(=O)OC)cc1. The maximum absolute atomic E-state index is 11.7. The summed E-state index contributed by atoms with van der Waals surface area (Å²) < 4.78 is 9.58. The zero-order valence-electron chi connectivity index (χ0n) is 14.1. The van der Waals surface area contributed by atoms with Crippen molar-refractivity contribution in [3.05, 3.63) is 48.0 Å². The Balaban J connectivity index is 1.80. The summed E-state index contributed by atoms with van der Waals surface area (Å²) in [5, 5.41) is 0.0781. The molecule has 1 unspecified atom stereocenters. The first kappa shape index (κ1) is 19.1. The fraction of sp³-hybridized carbons (Fsp3) is 0.389. The molecular weight excluding hydrogens is 342 g/mol. The third-order valence-electron chi connectivity index (χ3n) is 3.77. The molecule has 1 amide bonds. The van der Waals surface area contributed by atoms with Crippen molar-refractivity contribution >= 4 is 29.6 Å². The molecule has 134 valence electrons. The monoisotopic (exact) mass is 363 g/mol. The van der Waals surface area contributed by atoms with E-state index in [0.717, 1.165) is 5.56 Å².